The van der Waals surface area contributed by atoms with Crippen molar-refractivity contribution < 1.29 is 9.90 Å². The van der Waals surface area contributed by atoms with Gasteiger partial charge in [-0.05, 0) is 43.4 Å². The number of carbonyl (C=O) groups excluding carboxylic acids is 1. The molecule has 2 rings (SSSR count). The maximum atomic E-state index is 12.0. The Morgan fingerprint density at radius 3 is 2.68 bits per heavy atom. The standard InChI is InChI=1S/C14H17Cl2NO2/c1-14(8-18,10-3-4-10)17-13(19)6-9-2-5-11(15)7-12(9)16/h2,5,7,10,18H,3-4,6,8H2,1H3,(H,17,19). The molecule has 0 radical (unpaired) electrons. The molecule has 1 amide bonds. The summed E-state index contributed by atoms with van der Waals surface area (Å²) in [6, 6.07) is 5.08. The van der Waals surface area contributed by atoms with Crippen LogP contribution in [0.5, 0.6) is 0 Å². The second kappa shape index (κ2) is 5.70. The summed E-state index contributed by atoms with van der Waals surface area (Å²) in [6.45, 7) is 1.84. The number of amides is 1. The Kier molecular flexibility index (Phi) is 4.39. The predicted molar refractivity (Wildman–Crippen MR) is 76.5 cm³/mol. The lowest BCUT2D eigenvalue weighted by Gasteiger charge is -2.28. The van der Waals surface area contributed by atoms with Gasteiger partial charge in [0.05, 0.1) is 18.6 Å². The molecular weight excluding hydrogens is 285 g/mol. The van der Waals surface area contributed by atoms with Gasteiger partial charge in [0, 0.05) is 10.0 Å². The van der Waals surface area contributed by atoms with Crippen LogP contribution in [0.15, 0.2) is 18.2 Å². The molecular formula is C14H17Cl2NO2. The normalized spacial score (nSPS) is 17.9. The number of rotatable bonds is 5. The number of hydrogen-bond donors (Lipinski definition) is 2. The molecule has 0 aromatic heterocycles. The summed E-state index contributed by atoms with van der Waals surface area (Å²) in [4.78, 5) is 12.0. The van der Waals surface area contributed by atoms with Gasteiger partial charge in [0.25, 0.3) is 0 Å². The van der Waals surface area contributed by atoms with Gasteiger partial charge in [-0.2, -0.15) is 0 Å². The number of benzene rings is 1. The molecule has 3 nitrogen and oxygen atoms in total. The van der Waals surface area contributed by atoms with Crippen LogP contribution >= 0.6 is 23.2 Å². The number of aliphatic hydroxyl groups is 1. The summed E-state index contributed by atoms with van der Waals surface area (Å²) in [5.41, 5.74) is 0.218. The van der Waals surface area contributed by atoms with Crippen LogP contribution in [0.1, 0.15) is 25.3 Å². The Bertz CT molecular complexity index is 488. The van der Waals surface area contributed by atoms with E-state index in [1.165, 1.54) is 0 Å². The number of nitrogens with one attached hydrogen (secondary N) is 1. The largest absolute Gasteiger partial charge is 0.394 e. The monoisotopic (exact) mass is 301 g/mol. The van der Waals surface area contributed by atoms with Crippen LogP contribution in [0.25, 0.3) is 0 Å². The van der Waals surface area contributed by atoms with E-state index in [9.17, 15) is 9.90 Å². The van der Waals surface area contributed by atoms with E-state index in [0.29, 0.717) is 16.0 Å². The van der Waals surface area contributed by atoms with Gasteiger partial charge < -0.3 is 10.4 Å². The van der Waals surface area contributed by atoms with Crippen molar-refractivity contribution in [1.29, 1.82) is 0 Å². The highest BCUT2D eigenvalue weighted by atomic mass is 35.5. The molecule has 1 aromatic rings. The summed E-state index contributed by atoms with van der Waals surface area (Å²) in [5.74, 6) is 0.245. The van der Waals surface area contributed by atoms with Gasteiger partial charge in [0.1, 0.15) is 0 Å². The van der Waals surface area contributed by atoms with Crippen LogP contribution in [-0.4, -0.2) is 23.2 Å². The van der Waals surface area contributed by atoms with Crippen molar-refractivity contribution in [3.63, 3.8) is 0 Å². The molecule has 0 heterocycles. The fraction of sp³-hybridized carbons (Fsp3) is 0.500. The van der Waals surface area contributed by atoms with Crippen molar-refractivity contribution in [2.24, 2.45) is 5.92 Å². The van der Waals surface area contributed by atoms with Crippen molar-refractivity contribution in [1.82, 2.24) is 5.32 Å². The first-order valence-corrected chi connectivity index (χ1v) is 7.06. The minimum absolute atomic E-state index is 0.0439. The second-order valence-electron chi connectivity index (χ2n) is 5.31. The van der Waals surface area contributed by atoms with E-state index in [-0.39, 0.29) is 18.9 Å². The van der Waals surface area contributed by atoms with E-state index < -0.39 is 5.54 Å². The molecule has 0 aliphatic heterocycles. The maximum absolute atomic E-state index is 12.0. The van der Waals surface area contributed by atoms with E-state index in [0.717, 1.165) is 18.4 Å². The van der Waals surface area contributed by atoms with Crippen LogP contribution < -0.4 is 5.32 Å². The highest BCUT2D eigenvalue weighted by Gasteiger charge is 2.42. The minimum atomic E-state index is -0.518. The number of hydrogen-bond acceptors (Lipinski definition) is 2. The van der Waals surface area contributed by atoms with Gasteiger partial charge in [-0.25, -0.2) is 0 Å². The highest BCUT2D eigenvalue weighted by Crippen LogP contribution is 2.39. The molecule has 1 aliphatic rings. The molecule has 1 aliphatic carbocycles. The lowest BCUT2D eigenvalue weighted by Crippen LogP contribution is -2.51. The molecule has 0 saturated heterocycles. The van der Waals surface area contributed by atoms with Crippen molar-refractivity contribution in [3.8, 4) is 0 Å². The van der Waals surface area contributed by atoms with E-state index >= 15 is 0 Å². The molecule has 1 unspecified atom stereocenters. The van der Waals surface area contributed by atoms with Crippen LogP contribution in [0.2, 0.25) is 10.0 Å². The molecule has 1 atom stereocenters. The van der Waals surface area contributed by atoms with Crippen molar-refractivity contribution in [2.75, 3.05) is 6.61 Å². The van der Waals surface area contributed by atoms with E-state index in [2.05, 4.69) is 5.32 Å². The average Bonchev–Trinajstić information content (AvgIpc) is 3.17. The summed E-state index contributed by atoms with van der Waals surface area (Å²) in [5, 5.41) is 13.4. The van der Waals surface area contributed by atoms with Crippen molar-refractivity contribution in [2.45, 2.75) is 31.7 Å². The van der Waals surface area contributed by atoms with Crippen LogP contribution in [-0.2, 0) is 11.2 Å². The zero-order valence-corrected chi connectivity index (χ0v) is 12.3. The smallest absolute Gasteiger partial charge is 0.224 e. The Morgan fingerprint density at radius 1 is 1.47 bits per heavy atom. The van der Waals surface area contributed by atoms with Crippen LogP contribution in [0.3, 0.4) is 0 Å². The van der Waals surface area contributed by atoms with Gasteiger partial charge >= 0.3 is 0 Å². The Hall–Kier alpha value is -0.770. The van der Waals surface area contributed by atoms with Gasteiger partial charge in [-0.15, -0.1) is 0 Å². The molecule has 104 valence electrons. The second-order valence-corrected chi connectivity index (χ2v) is 6.15. The minimum Gasteiger partial charge on any atom is -0.394 e. The molecule has 1 fully saturated rings. The van der Waals surface area contributed by atoms with E-state index in [1.807, 2.05) is 6.92 Å². The van der Waals surface area contributed by atoms with Gasteiger partial charge in [0.15, 0.2) is 0 Å². The predicted octanol–water partition coefficient (Wildman–Crippen LogP) is 2.81. The molecule has 0 spiro atoms. The molecule has 5 heteroatoms. The van der Waals surface area contributed by atoms with Crippen LogP contribution in [0, 0.1) is 5.92 Å². The molecule has 0 bridgehead atoms. The highest BCUT2D eigenvalue weighted by molar-refractivity contribution is 6.35. The Balaban J connectivity index is 2.00. The van der Waals surface area contributed by atoms with Crippen molar-refractivity contribution >= 4 is 29.1 Å². The number of carbonyl (C=O) groups is 1. The topological polar surface area (TPSA) is 49.3 Å². The SMILES string of the molecule is CC(CO)(NC(=O)Cc1ccc(Cl)cc1Cl)C1CC1. The third-order valence-electron chi connectivity index (χ3n) is 3.60. The zero-order valence-electron chi connectivity index (χ0n) is 10.7. The first-order chi connectivity index (χ1) is 8.94. The summed E-state index contributed by atoms with van der Waals surface area (Å²) < 4.78 is 0. The first-order valence-electron chi connectivity index (χ1n) is 6.30. The first kappa shape index (κ1) is 14.6. The van der Waals surface area contributed by atoms with E-state index in [1.54, 1.807) is 18.2 Å². The lowest BCUT2D eigenvalue weighted by atomic mass is 9.96. The van der Waals surface area contributed by atoms with Gasteiger partial charge in [-0.3, -0.25) is 4.79 Å². The Morgan fingerprint density at radius 2 is 2.16 bits per heavy atom. The molecule has 1 aromatic carbocycles. The third-order valence-corrected chi connectivity index (χ3v) is 4.18. The molecule has 19 heavy (non-hydrogen) atoms. The number of aliphatic hydroxyl groups excluding tert-OH is 1. The lowest BCUT2D eigenvalue weighted by molar-refractivity contribution is -0.123. The number of halogens is 2. The summed E-state index contributed by atoms with van der Waals surface area (Å²) in [6.07, 6.45) is 2.30. The molecule has 2 N–H and O–H groups in total. The van der Waals surface area contributed by atoms with Gasteiger partial charge in [-0.1, -0.05) is 29.3 Å². The molecule has 1 saturated carbocycles. The van der Waals surface area contributed by atoms with Crippen molar-refractivity contribution in [3.05, 3.63) is 33.8 Å². The van der Waals surface area contributed by atoms with Gasteiger partial charge in [0.2, 0.25) is 5.91 Å². The third kappa shape index (κ3) is 3.62. The summed E-state index contributed by atoms with van der Waals surface area (Å²) in [7, 11) is 0. The zero-order chi connectivity index (χ0) is 14.0. The summed E-state index contributed by atoms with van der Waals surface area (Å²) >= 11 is 11.9. The van der Waals surface area contributed by atoms with Crippen LogP contribution in [0.4, 0.5) is 0 Å². The quantitative estimate of drug-likeness (QED) is 0.878. The maximum Gasteiger partial charge on any atom is 0.224 e. The Labute approximate surface area is 122 Å². The fourth-order valence-corrected chi connectivity index (χ4v) is 2.67. The fourth-order valence-electron chi connectivity index (χ4n) is 2.19. The average molecular weight is 302 g/mol. The van der Waals surface area contributed by atoms with E-state index in [4.69, 9.17) is 23.2 Å².